The minimum atomic E-state index is -0.281. The number of aromatic nitrogens is 1. The highest BCUT2D eigenvalue weighted by atomic mass is 32.2. The van der Waals surface area contributed by atoms with Crippen molar-refractivity contribution < 1.29 is 9.18 Å². The molecule has 3 aromatic carbocycles. The molecule has 0 saturated carbocycles. The van der Waals surface area contributed by atoms with Crippen molar-refractivity contribution in [3.63, 3.8) is 0 Å². The molecule has 0 radical (unpaired) electrons. The van der Waals surface area contributed by atoms with Crippen LogP contribution in [0.5, 0.6) is 0 Å². The van der Waals surface area contributed by atoms with Crippen LogP contribution in [-0.4, -0.2) is 10.9 Å². The van der Waals surface area contributed by atoms with E-state index in [1.807, 2.05) is 55.5 Å². The summed E-state index contributed by atoms with van der Waals surface area (Å²) in [4.78, 5) is 18.5. The number of amides is 1. The predicted molar refractivity (Wildman–Crippen MR) is 115 cm³/mol. The highest BCUT2D eigenvalue weighted by molar-refractivity contribution is 7.99. The van der Waals surface area contributed by atoms with Gasteiger partial charge in [-0.05, 0) is 48.9 Å². The van der Waals surface area contributed by atoms with Crippen LogP contribution in [0.3, 0.4) is 0 Å². The summed E-state index contributed by atoms with van der Waals surface area (Å²) in [6.45, 7) is 2.49. The molecule has 29 heavy (non-hydrogen) atoms. The monoisotopic (exact) mass is 402 g/mol. The fourth-order valence-corrected chi connectivity index (χ4v) is 3.83. The fourth-order valence-electron chi connectivity index (χ4n) is 3.00. The van der Waals surface area contributed by atoms with Crippen molar-refractivity contribution >= 4 is 28.6 Å². The third kappa shape index (κ3) is 4.63. The third-order valence-corrected chi connectivity index (χ3v) is 5.47. The van der Waals surface area contributed by atoms with Crippen molar-refractivity contribution in [3.8, 4) is 0 Å². The lowest BCUT2D eigenvalue weighted by molar-refractivity contribution is 0.0952. The number of pyridine rings is 1. The van der Waals surface area contributed by atoms with Crippen LogP contribution in [0.4, 0.5) is 4.39 Å². The Hall–Kier alpha value is -3.18. The van der Waals surface area contributed by atoms with E-state index in [1.165, 1.54) is 29.5 Å². The Morgan fingerprint density at radius 1 is 1.00 bits per heavy atom. The van der Waals surface area contributed by atoms with Gasteiger partial charge in [-0.3, -0.25) is 4.79 Å². The van der Waals surface area contributed by atoms with Gasteiger partial charge in [-0.2, -0.15) is 0 Å². The molecule has 1 heterocycles. The molecule has 0 bridgehead atoms. The highest BCUT2D eigenvalue weighted by Crippen LogP contribution is 2.30. The van der Waals surface area contributed by atoms with E-state index < -0.39 is 0 Å². The number of fused-ring (bicyclic) bond motifs is 1. The second-order valence-corrected chi connectivity index (χ2v) is 7.84. The Labute approximate surface area is 173 Å². The number of benzene rings is 3. The van der Waals surface area contributed by atoms with Crippen LogP contribution >= 0.6 is 11.8 Å². The normalized spacial score (nSPS) is 10.8. The Morgan fingerprint density at radius 3 is 2.48 bits per heavy atom. The van der Waals surface area contributed by atoms with E-state index in [2.05, 4.69) is 10.3 Å². The van der Waals surface area contributed by atoms with Crippen molar-refractivity contribution in [1.82, 2.24) is 10.3 Å². The maximum Gasteiger partial charge on any atom is 0.252 e. The number of nitrogens with one attached hydrogen (secondary N) is 1. The maximum absolute atomic E-state index is 13.2. The van der Waals surface area contributed by atoms with E-state index in [-0.39, 0.29) is 11.7 Å². The minimum Gasteiger partial charge on any atom is -0.348 e. The van der Waals surface area contributed by atoms with Gasteiger partial charge in [-0.15, -0.1) is 0 Å². The van der Waals surface area contributed by atoms with Crippen LogP contribution in [0.2, 0.25) is 0 Å². The molecule has 1 N–H and O–H groups in total. The molecule has 144 valence electrons. The summed E-state index contributed by atoms with van der Waals surface area (Å²) in [5.41, 5.74) is 3.55. The SMILES string of the molecule is Cc1ccc(CNC(=O)c2cc(Sc3ccc(F)cc3)nc3ccccc23)cc1. The molecule has 0 aliphatic rings. The van der Waals surface area contributed by atoms with E-state index in [0.29, 0.717) is 17.1 Å². The van der Waals surface area contributed by atoms with Crippen LogP contribution in [0, 0.1) is 12.7 Å². The standard InChI is InChI=1S/C24H19FN2OS/c1-16-6-8-17(9-7-16)15-26-24(28)21-14-23(27-22-5-3-2-4-20(21)22)29-19-12-10-18(25)11-13-19/h2-14H,15H2,1H3,(H,26,28). The fraction of sp³-hybridized carbons (Fsp3) is 0.0833. The maximum atomic E-state index is 13.2. The van der Waals surface area contributed by atoms with Crippen molar-refractivity contribution in [1.29, 1.82) is 0 Å². The smallest absolute Gasteiger partial charge is 0.252 e. The second-order valence-electron chi connectivity index (χ2n) is 6.75. The molecule has 4 aromatic rings. The zero-order valence-electron chi connectivity index (χ0n) is 15.9. The number of halogens is 1. The molecule has 0 saturated heterocycles. The van der Waals surface area contributed by atoms with E-state index in [1.54, 1.807) is 18.2 Å². The van der Waals surface area contributed by atoms with Crippen molar-refractivity contribution in [3.05, 3.63) is 101 Å². The van der Waals surface area contributed by atoms with Gasteiger partial charge in [0.05, 0.1) is 11.1 Å². The molecule has 1 aromatic heterocycles. The van der Waals surface area contributed by atoms with Crippen molar-refractivity contribution in [2.24, 2.45) is 0 Å². The molecular weight excluding hydrogens is 383 g/mol. The van der Waals surface area contributed by atoms with E-state index in [9.17, 15) is 9.18 Å². The Kier molecular flexibility index (Phi) is 5.58. The Balaban J connectivity index is 1.61. The molecule has 1 amide bonds. The summed E-state index contributed by atoms with van der Waals surface area (Å²) in [6, 6.07) is 23.7. The number of hydrogen-bond donors (Lipinski definition) is 1. The van der Waals surface area contributed by atoms with E-state index in [4.69, 9.17) is 0 Å². The number of hydrogen-bond acceptors (Lipinski definition) is 3. The van der Waals surface area contributed by atoms with Crippen molar-refractivity contribution in [2.45, 2.75) is 23.4 Å². The molecule has 3 nitrogen and oxygen atoms in total. The molecular formula is C24H19FN2OS. The first-order chi connectivity index (χ1) is 14.1. The van der Waals surface area contributed by atoms with Gasteiger partial charge in [0.1, 0.15) is 10.8 Å². The predicted octanol–water partition coefficient (Wildman–Crippen LogP) is 5.76. The van der Waals surface area contributed by atoms with Gasteiger partial charge in [0.25, 0.3) is 5.91 Å². The Bertz CT molecular complexity index is 1160. The quantitative estimate of drug-likeness (QED) is 0.461. The topological polar surface area (TPSA) is 42.0 Å². The van der Waals surface area contributed by atoms with Crippen LogP contribution < -0.4 is 5.32 Å². The van der Waals surface area contributed by atoms with Crippen LogP contribution in [0.15, 0.2) is 88.8 Å². The average Bonchev–Trinajstić information content (AvgIpc) is 2.74. The second kappa shape index (κ2) is 8.45. The minimum absolute atomic E-state index is 0.148. The lowest BCUT2D eigenvalue weighted by Crippen LogP contribution is -2.23. The molecule has 4 rings (SSSR count). The van der Waals surface area contributed by atoms with E-state index >= 15 is 0 Å². The highest BCUT2D eigenvalue weighted by Gasteiger charge is 2.13. The largest absolute Gasteiger partial charge is 0.348 e. The van der Waals surface area contributed by atoms with Crippen molar-refractivity contribution in [2.75, 3.05) is 0 Å². The van der Waals surface area contributed by atoms with Gasteiger partial charge < -0.3 is 5.32 Å². The van der Waals surface area contributed by atoms with E-state index in [0.717, 1.165) is 21.4 Å². The van der Waals surface area contributed by atoms with Crippen LogP contribution in [0.25, 0.3) is 10.9 Å². The number of carbonyl (C=O) groups excluding carboxylic acids is 1. The molecule has 0 aliphatic carbocycles. The molecule has 0 unspecified atom stereocenters. The number of aryl methyl sites for hydroxylation is 1. The first-order valence-corrected chi connectivity index (χ1v) is 10.1. The summed E-state index contributed by atoms with van der Waals surface area (Å²) in [7, 11) is 0. The van der Waals surface area contributed by atoms with Gasteiger partial charge >= 0.3 is 0 Å². The van der Waals surface area contributed by atoms with Gasteiger partial charge in [0.2, 0.25) is 0 Å². The molecule has 0 spiro atoms. The number of carbonyl (C=O) groups is 1. The van der Waals surface area contributed by atoms with Crippen LogP contribution in [0.1, 0.15) is 21.5 Å². The summed E-state index contributed by atoms with van der Waals surface area (Å²) < 4.78 is 13.2. The third-order valence-electron chi connectivity index (χ3n) is 4.55. The molecule has 0 aliphatic heterocycles. The van der Waals surface area contributed by atoms with Gasteiger partial charge in [0, 0.05) is 16.8 Å². The molecule has 5 heteroatoms. The zero-order chi connectivity index (χ0) is 20.2. The first kappa shape index (κ1) is 19.2. The summed E-state index contributed by atoms with van der Waals surface area (Å²) in [5.74, 6) is -0.429. The number of rotatable bonds is 5. The van der Waals surface area contributed by atoms with Gasteiger partial charge in [-0.25, -0.2) is 9.37 Å². The lowest BCUT2D eigenvalue weighted by Gasteiger charge is -2.11. The lowest BCUT2D eigenvalue weighted by atomic mass is 10.1. The van der Waals surface area contributed by atoms with Crippen LogP contribution in [-0.2, 0) is 6.54 Å². The first-order valence-electron chi connectivity index (χ1n) is 9.25. The Morgan fingerprint density at radius 2 is 1.72 bits per heavy atom. The number of para-hydroxylation sites is 1. The average molecular weight is 402 g/mol. The summed E-state index contributed by atoms with van der Waals surface area (Å²) in [5, 5.41) is 4.49. The summed E-state index contributed by atoms with van der Waals surface area (Å²) >= 11 is 1.40. The van der Waals surface area contributed by atoms with Gasteiger partial charge in [-0.1, -0.05) is 59.8 Å². The molecule has 0 fully saturated rings. The number of nitrogens with zero attached hydrogens (tertiary/aromatic N) is 1. The summed E-state index contributed by atoms with van der Waals surface area (Å²) in [6.07, 6.45) is 0. The molecule has 0 atom stereocenters. The zero-order valence-corrected chi connectivity index (χ0v) is 16.7. The van der Waals surface area contributed by atoms with Gasteiger partial charge in [0.15, 0.2) is 0 Å².